The number of aryl methyl sites for hydroxylation is 3. The van der Waals surface area contributed by atoms with E-state index in [2.05, 4.69) is 10.3 Å². The van der Waals surface area contributed by atoms with Gasteiger partial charge < -0.3 is 14.8 Å². The van der Waals surface area contributed by atoms with Crippen molar-refractivity contribution in [2.24, 2.45) is 5.92 Å². The molecule has 5 nitrogen and oxygen atoms in total. The number of nitrogens with zero attached hydrogens (tertiary/aromatic N) is 1. The number of carbonyl (C=O) groups is 1. The Morgan fingerprint density at radius 1 is 1.16 bits per heavy atom. The van der Waals surface area contributed by atoms with Gasteiger partial charge in [0.1, 0.15) is 11.5 Å². The lowest BCUT2D eigenvalue weighted by Crippen LogP contribution is -2.17. The van der Waals surface area contributed by atoms with Crippen LogP contribution in [0.3, 0.4) is 0 Å². The Morgan fingerprint density at radius 3 is 2.56 bits per heavy atom. The largest absolute Gasteiger partial charge is 0.497 e. The van der Waals surface area contributed by atoms with Gasteiger partial charge in [-0.25, -0.2) is 0 Å². The summed E-state index contributed by atoms with van der Waals surface area (Å²) in [6.07, 6.45) is 0.812. The number of rotatable bonds is 5. The van der Waals surface area contributed by atoms with Crippen LogP contribution >= 0.6 is 0 Å². The summed E-state index contributed by atoms with van der Waals surface area (Å²) in [5.41, 5.74) is 4.69. The maximum atomic E-state index is 12.7. The minimum Gasteiger partial charge on any atom is -0.497 e. The van der Waals surface area contributed by atoms with Crippen LogP contribution in [0.4, 0.5) is 5.69 Å². The van der Waals surface area contributed by atoms with Gasteiger partial charge in [-0.1, -0.05) is 0 Å². The standard InChI is InChI=1S/C20H24N2O3/c1-11-8-12(2)21-13(3)19(11)22-20(23)17-10-15(17)16-9-14(24-4)6-7-18(16)25-5/h6-9,15,17H,10H2,1-5H3,(H,22,23)/t15-,17-/m1/s1. The van der Waals surface area contributed by atoms with Gasteiger partial charge in [0.15, 0.2) is 0 Å². The van der Waals surface area contributed by atoms with E-state index in [9.17, 15) is 4.79 Å². The molecular weight excluding hydrogens is 316 g/mol. The molecule has 1 aromatic heterocycles. The summed E-state index contributed by atoms with van der Waals surface area (Å²) in [5, 5.41) is 3.06. The molecule has 25 heavy (non-hydrogen) atoms. The molecule has 2 aromatic rings. The summed E-state index contributed by atoms with van der Waals surface area (Å²) in [7, 11) is 3.28. The number of hydrogen-bond donors (Lipinski definition) is 1. The molecular formula is C20H24N2O3. The number of amides is 1. The summed E-state index contributed by atoms with van der Waals surface area (Å²) in [5.74, 6) is 1.71. The average Bonchev–Trinajstić information content (AvgIpc) is 3.38. The zero-order valence-corrected chi connectivity index (χ0v) is 15.3. The summed E-state index contributed by atoms with van der Waals surface area (Å²) in [4.78, 5) is 17.1. The molecule has 1 aromatic carbocycles. The first-order valence-electron chi connectivity index (χ1n) is 8.42. The second-order valence-electron chi connectivity index (χ2n) is 6.59. The molecule has 0 radical (unpaired) electrons. The van der Waals surface area contributed by atoms with E-state index in [0.29, 0.717) is 0 Å². The van der Waals surface area contributed by atoms with Gasteiger partial charge in [0.05, 0.1) is 25.6 Å². The zero-order valence-electron chi connectivity index (χ0n) is 15.3. The van der Waals surface area contributed by atoms with Gasteiger partial charge >= 0.3 is 0 Å². The van der Waals surface area contributed by atoms with E-state index < -0.39 is 0 Å². The number of anilines is 1. The molecule has 0 aliphatic heterocycles. The molecule has 1 amide bonds. The Kier molecular flexibility index (Phi) is 4.66. The van der Waals surface area contributed by atoms with E-state index in [0.717, 1.165) is 46.1 Å². The van der Waals surface area contributed by atoms with Gasteiger partial charge in [0.2, 0.25) is 5.91 Å². The van der Waals surface area contributed by atoms with Crippen LogP contribution in [0.5, 0.6) is 11.5 Å². The minimum absolute atomic E-state index is 0.0340. The van der Waals surface area contributed by atoms with Crippen molar-refractivity contribution in [1.82, 2.24) is 4.98 Å². The highest BCUT2D eigenvalue weighted by atomic mass is 16.5. The predicted molar refractivity (Wildman–Crippen MR) is 97.5 cm³/mol. The average molecular weight is 340 g/mol. The molecule has 0 spiro atoms. The molecule has 1 heterocycles. The highest BCUT2D eigenvalue weighted by Gasteiger charge is 2.45. The quantitative estimate of drug-likeness (QED) is 0.900. The van der Waals surface area contributed by atoms with Crippen molar-refractivity contribution in [2.45, 2.75) is 33.1 Å². The fraction of sp³-hybridized carbons (Fsp3) is 0.400. The number of methoxy groups -OCH3 is 2. The SMILES string of the molecule is COc1ccc(OC)c([C@H]2C[C@H]2C(=O)Nc2c(C)cc(C)nc2C)c1. The predicted octanol–water partition coefficient (Wildman–Crippen LogP) is 3.77. The van der Waals surface area contributed by atoms with E-state index in [4.69, 9.17) is 9.47 Å². The van der Waals surface area contributed by atoms with Crippen molar-refractivity contribution in [3.8, 4) is 11.5 Å². The Hall–Kier alpha value is -2.56. The third kappa shape index (κ3) is 3.45. The van der Waals surface area contributed by atoms with Crippen molar-refractivity contribution in [1.29, 1.82) is 0 Å². The summed E-state index contributed by atoms with van der Waals surface area (Å²) >= 11 is 0. The lowest BCUT2D eigenvalue weighted by molar-refractivity contribution is -0.117. The minimum atomic E-state index is -0.0545. The molecule has 0 unspecified atom stereocenters. The Balaban J connectivity index is 1.77. The maximum Gasteiger partial charge on any atom is 0.228 e. The first-order chi connectivity index (χ1) is 11.9. The molecule has 1 fully saturated rings. The van der Waals surface area contributed by atoms with Crippen LogP contribution in [-0.2, 0) is 4.79 Å². The van der Waals surface area contributed by atoms with Crippen LogP contribution in [0.1, 0.15) is 34.9 Å². The second kappa shape index (κ2) is 6.75. The third-order valence-corrected chi connectivity index (χ3v) is 4.74. The highest BCUT2D eigenvalue weighted by molar-refractivity contribution is 5.96. The molecule has 132 valence electrons. The highest BCUT2D eigenvalue weighted by Crippen LogP contribution is 2.51. The number of aromatic nitrogens is 1. The topological polar surface area (TPSA) is 60.5 Å². The summed E-state index contributed by atoms with van der Waals surface area (Å²) < 4.78 is 10.7. The van der Waals surface area contributed by atoms with Gasteiger partial charge in [0, 0.05) is 23.1 Å². The number of hydrogen-bond acceptors (Lipinski definition) is 4. The Bertz CT molecular complexity index is 794. The van der Waals surface area contributed by atoms with Gasteiger partial charge in [-0.05, 0) is 57.0 Å². The van der Waals surface area contributed by atoms with Gasteiger partial charge in [0.25, 0.3) is 0 Å². The van der Waals surface area contributed by atoms with Crippen molar-refractivity contribution in [3.63, 3.8) is 0 Å². The number of carbonyl (C=O) groups excluding carboxylic acids is 1. The molecule has 2 atom stereocenters. The molecule has 3 rings (SSSR count). The lowest BCUT2D eigenvalue weighted by Gasteiger charge is -2.13. The molecule has 1 aliphatic carbocycles. The maximum absolute atomic E-state index is 12.7. The fourth-order valence-corrected chi connectivity index (χ4v) is 3.39. The smallest absolute Gasteiger partial charge is 0.228 e. The molecule has 1 saturated carbocycles. The van der Waals surface area contributed by atoms with E-state index >= 15 is 0 Å². The summed E-state index contributed by atoms with van der Waals surface area (Å²) in [6, 6.07) is 7.70. The monoisotopic (exact) mass is 340 g/mol. The van der Waals surface area contributed by atoms with Crippen molar-refractivity contribution in [2.75, 3.05) is 19.5 Å². The number of benzene rings is 1. The van der Waals surface area contributed by atoms with E-state index in [1.165, 1.54) is 0 Å². The molecule has 1 aliphatic rings. The number of pyridine rings is 1. The van der Waals surface area contributed by atoms with Crippen LogP contribution in [0.2, 0.25) is 0 Å². The lowest BCUT2D eigenvalue weighted by atomic mass is 10.1. The molecule has 0 saturated heterocycles. The van der Waals surface area contributed by atoms with Crippen LogP contribution in [0.15, 0.2) is 24.3 Å². The van der Waals surface area contributed by atoms with Crippen molar-refractivity contribution < 1.29 is 14.3 Å². The Labute approximate surface area is 148 Å². The molecule has 1 N–H and O–H groups in total. The molecule has 5 heteroatoms. The van der Waals surface area contributed by atoms with Crippen LogP contribution < -0.4 is 14.8 Å². The van der Waals surface area contributed by atoms with Crippen LogP contribution in [0.25, 0.3) is 0 Å². The molecule has 0 bridgehead atoms. The number of nitrogens with one attached hydrogen (secondary N) is 1. The fourth-order valence-electron chi connectivity index (χ4n) is 3.39. The van der Waals surface area contributed by atoms with Gasteiger partial charge in [-0.2, -0.15) is 0 Å². The van der Waals surface area contributed by atoms with Crippen molar-refractivity contribution >= 4 is 11.6 Å². The van der Waals surface area contributed by atoms with E-state index in [-0.39, 0.29) is 17.7 Å². The summed E-state index contributed by atoms with van der Waals surface area (Å²) in [6.45, 7) is 5.87. The van der Waals surface area contributed by atoms with Crippen LogP contribution in [0, 0.1) is 26.7 Å². The number of ether oxygens (including phenoxy) is 2. The normalized spacial score (nSPS) is 18.6. The van der Waals surface area contributed by atoms with E-state index in [1.54, 1.807) is 14.2 Å². The van der Waals surface area contributed by atoms with Crippen LogP contribution in [-0.4, -0.2) is 25.1 Å². The second-order valence-corrected chi connectivity index (χ2v) is 6.59. The Morgan fingerprint density at radius 2 is 1.92 bits per heavy atom. The van der Waals surface area contributed by atoms with Crippen molar-refractivity contribution in [3.05, 3.63) is 46.8 Å². The van der Waals surface area contributed by atoms with E-state index in [1.807, 2.05) is 45.0 Å². The zero-order chi connectivity index (χ0) is 18.1. The first kappa shape index (κ1) is 17.3. The van der Waals surface area contributed by atoms with Gasteiger partial charge in [-0.15, -0.1) is 0 Å². The van der Waals surface area contributed by atoms with Gasteiger partial charge in [-0.3, -0.25) is 9.78 Å². The first-order valence-corrected chi connectivity index (χ1v) is 8.42. The third-order valence-electron chi connectivity index (χ3n) is 4.74.